The summed E-state index contributed by atoms with van der Waals surface area (Å²) < 4.78 is 58.3. The van der Waals surface area contributed by atoms with Gasteiger partial charge in [0.25, 0.3) is 17.4 Å². The van der Waals surface area contributed by atoms with E-state index in [4.69, 9.17) is 47.4 Å². The molecule has 0 aliphatic carbocycles. The van der Waals surface area contributed by atoms with Gasteiger partial charge in [-0.1, -0.05) is 219 Å². The molecule has 5 aliphatic rings. The number of hydrogen-bond donors (Lipinski definition) is 24. The summed E-state index contributed by atoms with van der Waals surface area (Å²) in [5, 5.41) is 235. The van der Waals surface area contributed by atoms with Gasteiger partial charge < -0.3 is 171 Å². The second-order valence-corrected chi connectivity index (χ2v) is 35.0. The number of aliphatic hydroxyl groups is 17. The minimum Gasteiger partial charge on any atom is -0.477 e. The quantitative estimate of drug-likeness (QED) is 0.0278. The van der Waals surface area contributed by atoms with Crippen molar-refractivity contribution in [2.24, 2.45) is 0 Å². The number of ether oxygens (including phenoxy) is 10. The molecular formula is C87H154N4O37. The topological polar surface area (TPSA) is 665 Å². The Kier molecular flexibility index (Phi) is 52.3. The van der Waals surface area contributed by atoms with Crippen molar-refractivity contribution in [3.8, 4) is 0 Å². The van der Waals surface area contributed by atoms with Crippen LogP contribution in [0.25, 0.3) is 0 Å². The normalized spacial score (nSPS) is 31.8. The summed E-state index contributed by atoms with van der Waals surface area (Å²) in [6, 6.07) is -7.03. The fourth-order valence-electron chi connectivity index (χ4n) is 17.2. The van der Waals surface area contributed by atoms with Crippen LogP contribution in [0.3, 0.4) is 0 Å². The molecule has 0 saturated carbocycles. The van der Waals surface area contributed by atoms with Crippen molar-refractivity contribution in [3.05, 3.63) is 12.2 Å². The lowest BCUT2D eigenvalue weighted by Crippen LogP contribution is -2.72. The molecule has 30 atom stereocenters. The van der Waals surface area contributed by atoms with Gasteiger partial charge >= 0.3 is 17.9 Å². The van der Waals surface area contributed by atoms with E-state index >= 15 is 0 Å². The van der Waals surface area contributed by atoms with Crippen LogP contribution in [0.5, 0.6) is 0 Å². The van der Waals surface area contributed by atoms with Crippen molar-refractivity contribution >= 4 is 41.5 Å². The number of carboxylic acid groups (broad SMARTS) is 3. The molecule has 41 nitrogen and oxygen atoms in total. The Morgan fingerprint density at radius 1 is 0.422 bits per heavy atom. The maximum Gasteiger partial charge on any atom is 0.364 e. The Bertz CT molecular complexity index is 3210. The van der Waals surface area contributed by atoms with Crippen LogP contribution < -0.4 is 21.3 Å². The summed E-state index contributed by atoms with van der Waals surface area (Å²) in [7, 11) is 0. The molecule has 4 amide bonds. The highest BCUT2D eigenvalue weighted by atomic mass is 16.8. The Morgan fingerprint density at radius 3 is 1.15 bits per heavy atom. The van der Waals surface area contributed by atoms with Gasteiger partial charge in [0.05, 0.1) is 88.2 Å². The molecule has 24 N–H and O–H groups in total. The first kappa shape index (κ1) is 113. The van der Waals surface area contributed by atoms with Crippen molar-refractivity contribution in [2.45, 2.75) is 454 Å². The zero-order valence-corrected chi connectivity index (χ0v) is 75.0. The summed E-state index contributed by atoms with van der Waals surface area (Å²) in [5.74, 6) is -20.6. The monoisotopic (exact) mass is 1850 g/mol. The van der Waals surface area contributed by atoms with Crippen molar-refractivity contribution in [3.63, 3.8) is 0 Å². The molecule has 0 aromatic rings. The van der Waals surface area contributed by atoms with Crippen LogP contribution in [-0.2, 0) is 80.9 Å². The molecule has 5 aliphatic heterocycles. The highest BCUT2D eigenvalue weighted by Gasteiger charge is 2.64. The molecule has 0 aromatic carbocycles. The first-order valence-electron chi connectivity index (χ1n) is 46.3. The molecule has 5 heterocycles. The summed E-state index contributed by atoms with van der Waals surface area (Å²) >= 11 is 0. The number of unbranched alkanes of at least 4 members (excludes halogenated alkanes) is 31. The van der Waals surface area contributed by atoms with E-state index in [1.165, 1.54) is 141 Å². The minimum absolute atomic E-state index is 0.123. The standard InChI is InChI=1S/C87H154N4O37/c1-6-8-10-12-14-16-18-20-21-22-23-24-25-26-27-29-31-33-35-37-39-41-64(105)91-54(55(100)40-38-36-34-32-30-28-19-17-15-13-11-9-7-2)50-119-80-73(111)72(110)75(63(49-96)121-80)122-81-74(112)79(69(107)60(46-93)120-81)128-87(84(117)118)44-58(103)67(90-53(5)99)78(127-87)71(109)62(48-95)124-86(83(115)116)43-57(102)66(89-52(4)98)77(126-86)70(108)61(47-94)123-85(82(113)114)42-56(101)65(88-51(3)97)76(125-85)68(106)59(104)45-92/h38,40,54-63,65-81,92-96,100-104,106-112H,6-37,39,41-50H2,1-5H3,(H,88,97)(H,89,98)(H,90,99)(H,91,105)(H,113,114)(H,115,116)(H,117,118)/b40-38+/t54-,55+,56-,57-,58-,59+,60+,61+,62+,63+,65+,66+,67+,68+,69-,70+,71+,72+,73+,74+,75+,76?,77?,78?,79-,80+,81-,85+,86+,87-/m0/s1. The van der Waals surface area contributed by atoms with Crippen LogP contribution in [0, 0.1) is 0 Å². The van der Waals surface area contributed by atoms with Gasteiger partial charge in [-0.15, -0.1) is 0 Å². The second kappa shape index (κ2) is 59.0. The molecule has 5 saturated heterocycles. The Labute approximate surface area is 749 Å². The van der Waals surface area contributed by atoms with E-state index < -0.39 is 283 Å². The van der Waals surface area contributed by atoms with E-state index in [1.54, 1.807) is 6.08 Å². The van der Waals surface area contributed by atoms with Gasteiger partial charge in [-0.05, 0) is 19.3 Å². The number of aliphatic carboxylic acids is 3. The number of amides is 4. The van der Waals surface area contributed by atoms with E-state index in [0.29, 0.717) is 12.8 Å². The third-order valence-corrected chi connectivity index (χ3v) is 24.5. The highest BCUT2D eigenvalue weighted by Crippen LogP contribution is 2.43. The van der Waals surface area contributed by atoms with E-state index in [2.05, 4.69) is 35.1 Å². The van der Waals surface area contributed by atoms with Crippen molar-refractivity contribution in [1.82, 2.24) is 21.3 Å². The molecule has 3 unspecified atom stereocenters. The minimum atomic E-state index is -3.58. The second-order valence-electron chi connectivity index (χ2n) is 35.0. The van der Waals surface area contributed by atoms with Crippen LogP contribution in [0.1, 0.15) is 272 Å². The van der Waals surface area contributed by atoms with Crippen LogP contribution in [0.2, 0.25) is 0 Å². The predicted molar refractivity (Wildman–Crippen MR) is 452 cm³/mol. The Balaban J connectivity index is 1.31. The van der Waals surface area contributed by atoms with E-state index in [-0.39, 0.29) is 6.42 Å². The molecular weight excluding hydrogens is 1690 g/mol. The number of rotatable bonds is 65. The van der Waals surface area contributed by atoms with Crippen LogP contribution >= 0.6 is 0 Å². The fraction of sp³-hybridized carbons (Fsp3) is 0.897. The van der Waals surface area contributed by atoms with Crippen LogP contribution in [-0.4, -0.2) is 366 Å². The third kappa shape index (κ3) is 35.0. The number of allylic oxidation sites excluding steroid dienone is 1. The number of aliphatic hydroxyl groups excluding tert-OH is 17. The van der Waals surface area contributed by atoms with Crippen molar-refractivity contribution in [1.29, 1.82) is 0 Å². The number of carboxylic acids is 3. The lowest BCUT2D eigenvalue weighted by atomic mass is 9.86. The predicted octanol–water partition coefficient (Wildman–Crippen LogP) is -0.146. The van der Waals surface area contributed by atoms with Crippen LogP contribution in [0.4, 0.5) is 0 Å². The van der Waals surface area contributed by atoms with Gasteiger partial charge in [-0.2, -0.15) is 0 Å². The molecule has 5 fully saturated rings. The van der Waals surface area contributed by atoms with E-state index in [0.717, 1.165) is 85.0 Å². The lowest BCUT2D eigenvalue weighted by Gasteiger charge is -2.51. The number of carbonyl (C=O) groups excluding carboxylic acids is 4. The smallest absolute Gasteiger partial charge is 0.364 e. The fourth-order valence-corrected chi connectivity index (χ4v) is 17.2. The molecule has 128 heavy (non-hydrogen) atoms. The van der Waals surface area contributed by atoms with Gasteiger partial charge in [-0.3, -0.25) is 19.2 Å². The van der Waals surface area contributed by atoms with E-state index in [9.17, 15) is 136 Å². The SMILES string of the molecule is CCCCCCCCCCCCC/C=C/[C@@H](O)[C@H](CO[C@@H]1O[C@H](CO)[C@@H](O[C@@H]2O[C@H](CO)[C@H](O)[C@H](O[C@]3(C(=O)O)C[C@H](O)[C@@H](NC(C)=O)C([C@H](O)[C@@H](CO)O[C@]4(C(=O)O)C[C@H](O)[C@@H](NC(C)=O)C([C@H](O)[C@@H](CO)O[C@]5(C(=O)O)C[C@H](O)[C@@H](NC(C)=O)C([C@H](O)[C@H](O)CO)O5)O4)O3)[C@H]2O)[C@H](O)[C@H]1O)NC(=O)CCCCCCCCCCCCCCCCCCCCCCC. The Hall–Kier alpha value is -5.05. The van der Waals surface area contributed by atoms with Gasteiger partial charge in [0.15, 0.2) is 12.6 Å². The first-order chi connectivity index (χ1) is 61.0. The molecule has 5 rings (SSSR count). The summed E-state index contributed by atoms with van der Waals surface area (Å²) in [6.45, 7) is -0.0443. The molecule has 41 heteroatoms. The number of hydrogen-bond acceptors (Lipinski definition) is 34. The Morgan fingerprint density at radius 2 is 0.781 bits per heavy atom. The van der Waals surface area contributed by atoms with Crippen molar-refractivity contribution in [2.75, 3.05) is 39.6 Å². The first-order valence-corrected chi connectivity index (χ1v) is 46.3. The molecule has 744 valence electrons. The molecule has 0 radical (unpaired) electrons. The average molecular weight is 1850 g/mol. The van der Waals surface area contributed by atoms with Crippen LogP contribution in [0.15, 0.2) is 12.2 Å². The average Bonchev–Trinajstić information content (AvgIpc) is 0.741. The molecule has 0 bridgehead atoms. The van der Waals surface area contributed by atoms with Gasteiger partial charge in [0.2, 0.25) is 23.6 Å². The number of carbonyl (C=O) groups is 7. The maximum absolute atomic E-state index is 13.8. The number of nitrogens with one attached hydrogen (secondary N) is 4. The lowest BCUT2D eigenvalue weighted by molar-refractivity contribution is -0.388. The molecule has 0 aromatic heterocycles. The van der Waals surface area contributed by atoms with Gasteiger partial charge in [-0.25, -0.2) is 14.4 Å². The van der Waals surface area contributed by atoms with Gasteiger partial charge in [0, 0.05) is 46.5 Å². The van der Waals surface area contributed by atoms with Crippen molar-refractivity contribution < 1.29 is 183 Å². The zero-order valence-electron chi connectivity index (χ0n) is 75.0. The molecule has 0 spiro atoms. The summed E-state index contributed by atoms with van der Waals surface area (Å²) in [4.78, 5) is 92.3. The van der Waals surface area contributed by atoms with Gasteiger partial charge in [0.1, 0.15) is 104 Å². The zero-order chi connectivity index (χ0) is 94.8. The summed E-state index contributed by atoms with van der Waals surface area (Å²) in [5.41, 5.74) is 0. The highest BCUT2D eigenvalue weighted by molar-refractivity contribution is 5.79. The van der Waals surface area contributed by atoms with E-state index in [1.807, 2.05) is 0 Å². The summed E-state index contributed by atoms with van der Waals surface area (Å²) in [6.07, 6.45) is -14.2. The third-order valence-electron chi connectivity index (χ3n) is 24.5. The maximum atomic E-state index is 13.8. The largest absolute Gasteiger partial charge is 0.477 e.